The van der Waals surface area contributed by atoms with Crippen LogP contribution >= 0.6 is 22.7 Å². The Morgan fingerprint density at radius 1 is 1.33 bits per heavy atom. The Labute approximate surface area is 133 Å². The van der Waals surface area contributed by atoms with Crippen molar-refractivity contribution in [1.29, 1.82) is 0 Å². The molecular formula is C15H20N2O2S2. The third kappa shape index (κ3) is 5.13. The molecule has 0 aliphatic carbocycles. The number of aromatic nitrogens is 1. The Kier molecular flexibility index (Phi) is 6.20. The average molecular weight is 324 g/mol. The number of unbranched alkanes of at least 4 members (excludes halogenated alkanes) is 2. The van der Waals surface area contributed by atoms with Gasteiger partial charge in [-0.3, -0.25) is 4.79 Å². The first-order chi connectivity index (χ1) is 10.2. The number of nitrogens with one attached hydrogen (secondary N) is 1. The molecule has 0 unspecified atom stereocenters. The summed E-state index contributed by atoms with van der Waals surface area (Å²) >= 11 is 3.40. The van der Waals surface area contributed by atoms with E-state index in [4.69, 9.17) is 0 Å². The second kappa shape index (κ2) is 8.14. The highest BCUT2D eigenvalue weighted by molar-refractivity contribution is 7.16. The highest BCUT2D eigenvalue weighted by Crippen LogP contribution is 2.30. The third-order valence-electron chi connectivity index (χ3n) is 3.06. The van der Waals surface area contributed by atoms with Crippen LogP contribution in [0, 0.1) is 6.92 Å². The van der Waals surface area contributed by atoms with E-state index in [1.165, 1.54) is 16.9 Å². The lowest BCUT2D eigenvalue weighted by Gasteiger charge is -2.02. The lowest BCUT2D eigenvalue weighted by atomic mass is 10.2. The number of anilines is 1. The van der Waals surface area contributed by atoms with Crippen LogP contribution in [0.25, 0.3) is 10.6 Å². The molecule has 0 saturated carbocycles. The molecule has 2 aromatic rings. The maximum atomic E-state index is 11.0. The second-order valence-electron chi connectivity index (χ2n) is 4.76. The number of hydrogen-bond acceptors (Lipinski definition) is 6. The lowest BCUT2D eigenvalue weighted by Crippen LogP contribution is -2.03. The summed E-state index contributed by atoms with van der Waals surface area (Å²) in [5.41, 5.74) is 1.05. The molecule has 0 aliphatic rings. The number of hydrogen-bond donors (Lipinski definition) is 1. The standard InChI is InChI=1S/C15H20N2O2S2/c1-11-7-8-13(21-11)12-10-20-15(17-12)16-9-5-3-4-6-14(18)19-2/h7-8,10H,3-6,9H2,1-2H3,(H,16,17). The van der Waals surface area contributed by atoms with Gasteiger partial charge in [-0.05, 0) is 31.9 Å². The van der Waals surface area contributed by atoms with Crippen molar-refractivity contribution in [1.82, 2.24) is 4.98 Å². The zero-order valence-electron chi connectivity index (χ0n) is 12.3. The molecule has 2 rings (SSSR count). The van der Waals surface area contributed by atoms with Gasteiger partial charge in [0.1, 0.15) is 0 Å². The topological polar surface area (TPSA) is 51.2 Å². The van der Waals surface area contributed by atoms with Crippen LogP contribution in [-0.4, -0.2) is 24.6 Å². The number of methoxy groups -OCH3 is 1. The van der Waals surface area contributed by atoms with E-state index in [1.54, 1.807) is 22.7 Å². The average Bonchev–Trinajstić information content (AvgIpc) is 3.11. The Bertz CT molecular complexity index is 578. The number of thiophene rings is 1. The second-order valence-corrected chi connectivity index (χ2v) is 6.91. The smallest absolute Gasteiger partial charge is 0.305 e. The first-order valence-electron chi connectivity index (χ1n) is 7.02. The SMILES string of the molecule is COC(=O)CCCCCNc1nc(-c2ccc(C)s2)cs1. The van der Waals surface area contributed by atoms with Crippen LogP contribution in [0.3, 0.4) is 0 Å². The Balaban J connectivity index is 1.68. The van der Waals surface area contributed by atoms with Crippen molar-refractivity contribution in [3.63, 3.8) is 0 Å². The quantitative estimate of drug-likeness (QED) is 0.580. The Hall–Kier alpha value is -1.40. The highest BCUT2D eigenvalue weighted by atomic mass is 32.1. The van der Waals surface area contributed by atoms with Gasteiger partial charge in [0.25, 0.3) is 0 Å². The molecule has 2 aromatic heterocycles. The molecule has 6 heteroatoms. The Morgan fingerprint density at radius 3 is 2.90 bits per heavy atom. The largest absolute Gasteiger partial charge is 0.469 e. The van der Waals surface area contributed by atoms with Crippen molar-refractivity contribution in [2.75, 3.05) is 19.0 Å². The van der Waals surface area contributed by atoms with E-state index in [0.29, 0.717) is 6.42 Å². The molecule has 0 amide bonds. The molecule has 114 valence electrons. The van der Waals surface area contributed by atoms with Gasteiger partial charge in [0.05, 0.1) is 17.7 Å². The number of nitrogens with zero attached hydrogens (tertiary/aromatic N) is 1. The van der Waals surface area contributed by atoms with Crippen molar-refractivity contribution in [3.05, 3.63) is 22.4 Å². The zero-order valence-corrected chi connectivity index (χ0v) is 14.0. The van der Waals surface area contributed by atoms with Gasteiger partial charge in [0, 0.05) is 23.2 Å². The normalized spacial score (nSPS) is 10.6. The lowest BCUT2D eigenvalue weighted by molar-refractivity contribution is -0.140. The minimum absolute atomic E-state index is 0.126. The summed E-state index contributed by atoms with van der Waals surface area (Å²) in [5, 5.41) is 6.39. The van der Waals surface area contributed by atoms with Crippen LogP contribution in [0.4, 0.5) is 5.13 Å². The summed E-state index contributed by atoms with van der Waals surface area (Å²) in [4.78, 5) is 18.1. The van der Waals surface area contributed by atoms with E-state index in [2.05, 4.69) is 39.5 Å². The summed E-state index contributed by atoms with van der Waals surface area (Å²) in [5.74, 6) is -0.126. The van der Waals surface area contributed by atoms with Crippen LogP contribution in [0.2, 0.25) is 0 Å². The maximum absolute atomic E-state index is 11.0. The number of ether oxygens (including phenoxy) is 1. The fourth-order valence-electron chi connectivity index (χ4n) is 1.91. The predicted molar refractivity (Wildman–Crippen MR) is 89.1 cm³/mol. The van der Waals surface area contributed by atoms with E-state index in [0.717, 1.165) is 36.6 Å². The first-order valence-corrected chi connectivity index (χ1v) is 8.71. The minimum Gasteiger partial charge on any atom is -0.469 e. The van der Waals surface area contributed by atoms with Gasteiger partial charge in [-0.2, -0.15) is 0 Å². The molecule has 0 spiro atoms. The van der Waals surface area contributed by atoms with E-state index in [-0.39, 0.29) is 5.97 Å². The molecular weight excluding hydrogens is 304 g/mol. The molecule has 0 fully saturated rings. The molecule has 0 aromatic carbocycles. The van der Waals surface area contributed by atoms with Crippen LogP contribution in [0.5, 0.6) is 0 Å². The molecule has 0 aliphatic heterocycles. The number of aryl methyl sites for hydroxylation is 1. The van der Waals surface area contributed by atoms with Crippen LogP contribution in [0.1, 0.15) is 30.6 Å². The Morgan fingerprint density at radius 2 is 2.19 bits per heavy atom. The highest BCUT2D eigenvalue weighted by Gasteiger charge is 2.06. The monoisotopic (exact) mass is 324 g/mol. The maximum Gasteiger partial charge on any atom is 0.305 e. The minimum atomic E-state index is -0.126. The summed E-state index contributed by atoms with van der Waals surface area (Å²) in [6.45, 7) is 2.99. The van der Waals surface area contributed by atoms with Crippen LogP contribution in [0.15, 0.2) is 17.5 Å². The molecule has 21 heavy (non-hydrogen) atoms. The van der Waals surface area contributed by atoms with E-state index < -0.39 is 0 Å². The predicted octanol–water partition coefficient (Wildman–Crippen LogP) is 4.33. The molecule has 1 N–H and O–H groups in total. The number of esters is 1. The number of thiazole rings is 1. The third-order valence-corrected chi connectivity index (χ3v) is 4.88. The van der Waals surface area contributed by atoms with Gasteiger partial charge in [-0.15, -0.1) is 22.7 Å². The molecule has 4 nitrogen and oxygen atoms in total. The van der Waals surface area contributed by atoms with Crippen molar-refractivity contribution in [2.45, 2.75) is 32.6 Å². The summed E-state index contributed by atoms with van der Waals surface area (Å²) in [6, 6.07) is 4.24. The van der Waals surface area contributed by atoms with Gasteiger partial charge in [-0.1, -0.05) is 6.42 Å². The van der Waals surface area contributed by atoms with Gasteiger partial charge in [-0.25, -0.2) is 4.98 Å². The van der Waals surface area contributed by atoms with Crippen molar-refractivity contribution in [2.24, 2.45) is 0 Å². The number of rotatable bonds is 8. The number of carbonyl (C=O) groups is 1. The molecule has 0 atom stereocenters. The molecule has 0 saturated heterocycles. The van der Waals surface area contributed by atoms with Crippen molar-refractivity contribution >= 4 is 33.8 Å². The van der Waals surface area contributed by atoms with E-state index in [1.807, 2.05) is 0 Å². The zero-order chi connectivity index (χ0) is 15.1. The van der Waals surface area contributed by atoms with Gasteiger partial charge in [0.15, 0.2) is 5.13 Å². The summed E-state index contributed by atoms with van der Waals surface area (Å²) in [7, 11) is 1.43. The summed E-state index contributed by atoms with van der Waals surface area (Å²) < 4.78 is 4.61. The first kappa shape index (κ1) is 16.0. The fourth-order valence-corrected chi connectivity index (χ4v) is 3.55. The van der Waals surface area contributed by atoms with Crippen LogP contribution < -0.4 is 5.32 Å². The van der Waals surface area contributed by atoms with Gasteiger partial charge >= 0.3 is 5.97 Å². The fraction of sp³-hybridized carbons (Fsp3) is 0.467. The van der Waals surface area contributed by atoms with Crippen molar-refractivity contribution in [3.8, 4) is 10.6 Å². The van der Waals surface area contributed by atoms with Crippen LogP contribution in [-0.2, 0) is 9.53 Å². The summed E-state index contributed by atoms with van der Waals surface area (Å²) in [6.07, 6.45) is 3.44. The number of carbonyl (C=O) groups excluding carboxylic acids is 1. The van der Waals surface area contributed by atoms with E-state index >= 15 is 0 Å². The molecule has 0 radical (unpaired) electrons. The van der Waals surface area contributed by atoms with Gasteiger partial charge in [0.2, 0.25) is 0 Å². The van der Waals surface area contributed by atoms with Crippen molar-refractivity contribution < 1.29 is 9.53 Å². The van der Waals surface area contributed by atoms with E-state index in [9.17, 15) is 4.79 Å². The molecule has 0 bridgehead atoms. The van der Waals surface area contributed by atoms with Gasteiger partial charge < -0.3 is 10.1 Å². The molecule has 2 heterocycles.